The third kappa shape index (κ3) is 2.99. The minimum absolute atomic E-state index is 0.0637. The maximum Gasteiger partial charge on any atom is 0.349 e. The lowest BCUT2D eigenvalue weighted by Gasteiger charge is -1.97. The van der Waals surface area contributed by atoms with Crippen molar-refractivity contribution in [2.75, 3.05) is 6.61 Å². The number of nitrogens with zero attached hydrogens (tertiary/aromatic N) is 1. The Kier molecular flexibility index (Phi) is 3.69. The molecule has 78 valence electrons. The highest BCUT2D eigenvalue weighted by atomic mass is 16.5. The van der Waals surface area contributed by atoms with Crippen molar-refractivity contribution < 1.29 is 13.9 Å². The molecule has 0 saturated heterocycles. The van der Waals surface area contributed by atoms with Crippen LogP contribution in [-0.4, -0.2) is 12.6 Å². The van der Waals surface area contributed by atoms with Crippen molar-refractivity contribution >= 4 is 12.0 Å². The average Bonchev–Trinajstić information content (AvgIpc) is 2.61. The van der Waals surface area contributed by atoms with Crippen LogP contribution in [0.25, 0.3) is 6.08 Å². The zero-order valence-electron chi connectivity index (χ0n) is 8.61. The number of esters is 1. The summed E-state index contributed by atoms with van der Waals surface area (Å²) in [4.78, 5) is 11.2. The number of carbonyl (C=O) groups is 1. The molecule has 0 aliphatic carbocycles. The first-order chi connectivity index (χ1) is 7.17. The molecule has 4 heteroatoms. The van der Waals surface area contributed by atoms with Crippen LogP contribution in [0, 0.1) is 18.3 Å². The number of hydrogen-bond acceptors (Lipinski definition) is 4. The fourth-order valence-corrected chi connectivity index (χ4v) is 1.02. The molecule has 0 fully saturated rings. The molecule has 0 aromatic carbocycles. The summed E-state index contributed by atoms with van der Waals surface area (Å²) in [6.07, 6.45) is 1.37. The topological polar surface area (TPSA) is 63.2 Å². The maximum atomic E-state index is 11.2. The lowest BCUT2D eigenvalue weighted by atomic mass is 10.2. The van der Waals surface area contributed by atoms with Crippen molar-refractivity contribution in [3.63, 3.8) is 0 Å². The highest BCUT2D eigenvalue weighted by molar-refractivity contribution is 5.97. The number of aryl methyl sites for hydroxylation is 1. The molecule has 1 heterocycles. The number of rotatable bonds is 3. The molecule has 0 atom stereocenters. The first kappa shape index (κ1) is 11.1. The minimum Gasteiger partial charge on any atom is -0.462 e. The predicted octanol–water partition coefficient (Wildman–Crippen LogP) is 2.06. The highest BCUT2D eigenvalue weighted by Crippen LogP contribution is 2.11. The Morgan fingerprint density at radius 2 is 2.40 bits per heavy atom. The van der Waals surface area contributed by atoms with Gasteiger partial charge < -0.3 is 9.15 Å². The Morgan fingerprint density at radius 3 is 2.87 bits per heavy atom. The van der Waals surface area contributed by atoms with Crippen LogP contribution >= 0.6 is 0 Å². The van der Waals surface area contributed by atoms with Crippen molar-refractivity contribution in [1.29, 1.82) is 5.26 Å². The standard InChI is InChI=1S/C11H11NO3/c1-3-14-11(13)9(7-12)6-10-5-4-8(2)15-10/h4-6H,3H2,1-2H3/b9-6-. The van der Waals surface area contributed by atoms with Gasteiger partial charge >= 0.3 is 5.97 Å². The Labute approximate surface area is 87.8 Å². The molecule has 0 bridgehead atoms. The van der Waals surface area contributed by atoms with Crippen LogP contribution in [0.3, 0.4) is 0 Å². The average molecular weight is 205 g/mol. The summed E-state index contributed by atoms with van der Waals surface area (Å²) in [5.74, 6) is 0.563. The SMILES string of the molecule is CCOC(=O)/C(C#N)=C\c1ccc(C)o1. The number of hydrogen-bond donors (Lipinski definition) is 0. The number of carbonyl (C=O) groups excluding carboxylic acids is 1. The van der Waals surface area contributed by atoms with Gasteiger partial charge in [-0.15, -0.1) is 0 Å². The molecule has 4 nitrogen and oxygen atoms in total. The van der Waals surface area contributed by atoms with E-state index in [1.807, 2.05) is 0 Å². The molecule has 0 radical (unpaired) electrons. The summed E-state index contributed by atoms with van der Waals surface area (Å²) in [6.45, 7) is 3.72. The highest BCUT2D eigenvalue weighted by Gasteiger charge is 2.10. The number of ether oxygens (including phenoxy) is 1. The molecule has 1 aromatic rings. The van der Waals surface area contributed by atoms with Gasteiger partial charge in [-0.05, 0) is 26.0 Å². The van der Waals surface area contributed by atoms with Gasteiger partial charge in [0.15, 0.2) is 0 Å². The zero-order chi connectivity index (χ0) is 11.3. The molecule has 1 aromatic heterocycles. The quantitative estimate of drug-likeness (QED) is 0.430. The third-order valence-electron chi connectivity index (χ3n) is 1.66. The first-order valence-corrected chi connectivity index (χ1v) is 4.52. The molecule has 0 amide bonds. The Bertz CT molecular complexity index is 423. The first-order valence-electron chi connectivity index (χ1n) is 4.52. The lowest BCUT2D eigenvalue weighted by molar-refractivity contribution is -0.137. The fraction of sp³-hybridized carbons (Fsp3) is 0.273. The Hall–Kier alpha value is -2.02. The normalized spacial score (nSPS) is 10.9. The molecule has 0 aliphatic heterocycles. The minimum atomic E-state index is -0.631. The maximum absolute atomic E-state index is 11.2. The van der Waals surface area contributed by atoms with Gasteiger partial charge in [0.1, 0.15) is 23.2 Å². The predicted molar refractivity (Wildman–Crippen MR) is 53.7 cm³/mol. The molecule has 1 rings (SSSR count). The van der Waals surface area contributed by atoms with E-state index < -0.39 is 5.97 Å². The van der Waals surface area contributed by atoms with Gasteiger partial charge in [-0.25, -0.2) is 4.79 Å². The van der Waals surface area contributed by atoms with E-state index in [1.165, 1.54) is 6.08 Å². The van der Waals surface area contributed by atoms with Gasteiger partial charge in [0, 0.05) is 6.08 Å². The molecule has 0 saturated carbocycles. The monoisotopic (exact) mass is 205 g/mol. The largest absolute Gasteiger partial charge is 0.462 e. The van der Waals surface area contributed by atoms with Gasteiger partial charge in [-0.3, -0.25) is 0 Å². The van der Waals surface area contributed by atoms with Gasteiger partial charge in [0.2, 0.25) is 0 Å². The van der Waals surface area contributed by atoms with Crippen molar-refractivity contribution in [1.82, 2.24) is 0 Å². The van der Waals surface area contributed by atoms with Gasteiger partial charge in [-0.2, -0.15) is 5.26 Å². The second-order valence-electron chi connectivity index (χ2n) is 2.84. The molecule has 0 unspecified atom stereocenters. The molecule has 0 N–H and O–H groups in total. The molecule has 0 spiro atoms. The summed E-state index contributed by atoms with van der Waals surface area (Å²) >= 11 is 0. The van der Waals surface area contributed by atoms with Crippen molar-refractivity contribution in [2.24, 2.45) is 0 Å². The Morgan fingerprint density at radius 1 is 1.67 bits per heavy atom. The second-order valence-corrected chi connectivity index (χ2v) is 2.84. The van der Waals surface area contributed by atoms with Gasteiger partial charge in [0.05, 0.1) is 6.61 Å². The fourth-order valence-electron chi connectivity index (χ4n) is 1.02. The van der Waals surface area contributed by atoms with E-state index in [4.69, 9.17) is 14.4 Å². The van der Waals surface area contributed by atoms with E-state index in [1.54, 1.807) is 32.0 Å². The van der Waals surface area contributed by atoms with Crippen LogP contribution in [0.15, 0.2) is 22.1 Å². The summed E-state index contributed by atoms with van der Waals surface area (Å²) in [7, 11) is 0. The molecular formula is C11H11NO3. The summed E-state index contributed by atoms with van der Waals surface area (Å²) in [5.41, 5.74) is -0.0637. The van der Waals surface area contributed by atoms with E-state index in [0.717, 1.165) is 5.76 Å². The van der Waals surface area contributed by atoms with Crippen LogP contribution in [0.1, 0.15) is 18.4 Å². The van der Waals surface area contributed by atoms with Crippen molar-refractivity contribution in [3.05, 3.63) is 29.2 Å². The second kappa shape index (κ2) is 5.01. The number of nitriles is 1. The van der Waals surface area contributed by atoms with Crippen LogP contribution < -0.4 is 0 Å². The van der Waals surface area contributed by atoms with E-state index in [-0.39, 0.29) is 12.2 Å². The van der Waals surface area contributed by atoms with Gasteiger partial charge in [0.25, 0.3) is 0 Å². The third-order valence-corrected chi connectivity index (χ3v) is 1.66. The van der Waals surface area contributed by atoms with Crippen LogP contribution in [0.5, 0.6) is 0 Å². The Balaban J connectivity index is 2.88. The van der Waals surface area contributed by atoms with Crippen LogP contribution in [-0.2, 0) is 9.53 Å². The zero-order valence-corrected chi connectivity index (χ0v) is 8.61. The molecule has 0 aliphatic rings. The van der Waals surface area contributed by atoms with Crippen molar-refractivity contribution in [2.45, 2.75) is 13.8 Å². The van der Waals surface area contributed by atoms with Gasteiger partial charge in [-0.1, -0.05) is 0 Å². The lowest BCUT2D eigenvalue weighted by Crippen LogP contribution is -2.05. The van der Waals surface area contributed by atoms with Crippen LogP contribution in [0.2, 0.25) is 0 Å². The summed E-state index contributed by atoms with van der Waals surface area (Å²) in [6, 6.07) is 5.21. The van der Waals surface area contributed by atoms with E-state index >= 15 is 0 Å². The van der Waals surface area contributed by atoms with E-state index in [0.29, 0.717) is 5.76 Å². The summed E-state index contributed by atoms with van der Waals surface area (Å²) < 4.78 is 9.91. The number of furan rings is 1. The van der Waals surface area contributed by atoms with Crippen LogP contribution in [0.4, 0.5) is 0 Å². The molecular weight excluding hydrogens is 194 g/mol. The van der Waals surface area contributed by atoms with Crippen molar-refractivity contribution in [3.8, 4) is 6.07 Å². The van der Waals surface area contributed by atoms with E-state index in [2.05, 4.69) is 0 Å². The van der Waals surface area contributed by atoms with E-state index in [9.17, 15) is 4.79 Å². The summed E-state index contributed by atoms with van der Waals surface area (Å²) in [5, 5.41) is 8.73. The smallest absolute Gasteiger partial charge is 0.349 e. The molecule has 15 heavy (non-hydrogen) atoms.